The third-order valence-corrected chi connectivity index (χ3v) is 6.55. The molecule has 0 atom stereocenters. The van der Waals surface area contributed by atoms with E-state index in [4.69, 9.17) is 5.14 Å². The van der Waals surface area contributed by atoms with Gasteiger partial charge in [0.15, 0.2) is 0 Å². The molecule has 3 N–H and O–H groups in total. The lowest BCUT2D eigenvalue weighted by Crippen LogP contribution is -2.18. The second kappa shape index (κ2) is 6.19. The largest absolute Gasteiger partial charge is 0.280 e. The molecule has 0 aromatic heterocycles. The summed E-state index contributed by atoms with van der Waals surface area (Å²) < 4.78 is 50.9. The van der Waals surface area contributed by atoms with Gasteiger partial charge in [-0.15, -0.1) is 0 Å². The number of anilines is 1. The van der Waals surface area contributed by atoms with Gasteiger partial charge in [0.25, 0.3) is 10.0 Å². The van der Waals surface area contributed by atoms with E-state index in [1.54, 1.807) is 13.8 Å². The van der Waals surface area contributed by atoms with Gasteiger partial charge in [-0.2, -0.15) is 0 Å². The predicted molar refractivity (Wildman–Crippen MR) is 94.0 cm³/mol. The lowest BCUT2D eigenvalue weighted by molar-refractivity contribution is 0.596. The molecule has 0 heterocycles. The fourth-order valence-electron chi connectivity index (χ4n) is 2.53. The van der Waals surface area contributed by atoms with Crippen molar-refractivity contribution in [1.29, 1.82) is 0 Å². The Morgan fingerprint density at radius 3 is 1.92 bits per heavy atom. The minimum absolute atomic E-state index is 0.138. The molecule has 0 unspecified atom stereocenters. The number of primary sulfonamides is 1. The monoisotopic (exact) mass is 368 g/mol. The summed E-state index contributed by atoms with van der Waals surface area (Å²) in [5.41, 5.74) is 3.20. The van der Waals surface area contributed by atoms with Crippen molar-refractivity contribution in [2.24, 2.45) is 5.14 Å². The van der Waals surface area contributed by atoms with Crippen molar-refractivity contribution in [2.45, 2.75) is 37.5 Å². The number of nitrogens with one attached hydrogen (secondary N) is 1. The predicted octanol–water partition coefficient (Wildman–Crippen LogP) is 2.37. The fourth-order valence-corrected chi connectivity index (χ4v) is 4.75. The normalized spacial score (nSPS) is 12.2. The van der Waals surface area contributed by atoms with Crippen molar-refractivity contribution in [3.63, 3.8) is 0 Å². The van der Waals surface area contributed by atoms with Gasteiger partial charge in [-0.1, -0.05) is 12.1 Å². The van der Waals surface area contributed by atoms with E-state index < -0.39 is 20.0 Å². The third kappa shape index (κ3) is 3.61. The van der Waals surface area contributed by atoms with E-state index in [9.17, 15) is 16.8 Å². The smallest absolute Gasteiger partial charge is 0.262 e. The minimum atomic E-state index is -3.91. The maximum Gasteiger partial charge on any atom is 0.262 e. The zero-order valence-electron chi connectivity index (χ0n) is 13.9. The van der Waals surface area contributed by atoms with E-state index in [0.29, 0.717) is 11.1 Å². The fraction of sp³-hybridized carbons (Fsp3) is 0.250. The summed E-state index contributed by atoms with van der Waals surface area (Å²) in [6.07, 6.45) is 0. The number of sulfonamides is 2. The van der Waals surface area contributed by atoms with Gasteiger partial charge >= 0.3 is 0 Å². The van der Waals surface area contributed by atoms with Gasteiger partial charge in [-0.05, 0) is 68.1 Å². The van der Waals surface area contributed by atoms with Crippen molar-refractivity contribution in [1.82, 2.24) is 0 Å². The third-order valence-electron chi connectivity index (χ3n) is 3.98. The first kappa shape index (κ1) is 18.4. The molecule has 0 aliphatic rings. The molecular formula is C16H20N2O4S2. The average Bonchev–Trinajstić information content (AvgIpc) is 2.44. The summed E-state index contributed by atoms with van der Waals surface area (Å²) in [6.45, 7) is 7.19. The first-order chi connectivity index (χ1) is 10.9. The van der Waals surface area contributed by atoms with Crippen LogP contribution in [-0.4, -0.2) is 16.8 Å². The van der Waals surface area contributed by atoms with Crippen molar-refractivity contribution < 1.29 is 16.8 Å². The summed E-state index contributed by atoms with van der Waals surface area (Å²) in [7, 11) is -7.78. The molecule has 24 heavy (non-hydrogen) atoms. The van der Waals surface area contributed by atoms with Crippen LogP contribution in [0, 0.1) is 27.7 Å². The van der Waals surface area contributed by atoms with Crippen molar-refractivity contribution in [3.05, 3.63) is 52.6 Å². The SMILES string of the molecule is Cc1cc(C)c(C)c(S(=O)(=O)Nc2cccc(S(N)(=O)=O)c2)c1C. The molecule has 2 rings (SSSR count). The molecule has 0 bridgehead atoms. The molecular weight excluding hydrogens is 348 g/mol. The number of rotatable bonds is 4. The maximum atomic E-state index is 12.8. The Labute approximate surface area is 142 Å². The van der Waals surface area contributed by atoms with Crippen LogP contribution in [0.2, 0.25) is 0 Å². The van der Waals surface area contributed by atoms with Crippen LogP contribution in [0.4, 0.5) is 5.69 Å². The Morgan fingerprint density at radius 2 is 1.42 bits per heavy atom. The second-order valence-corrected chi connectivity index (χ2v) is 8.95. The summed E-state index contributed by atoms with van der Waals surface area (Å²) in [4.78, 5) is 0.0533. The summed E-state index contributed by atoms with van der Waals surface area (Å²) in [6, 6.07) is 7.34. The number of nitrogens with two attached hydrogens (primary N) is 1. The molecule has 6 nitrogen and oxygen atoms in total. The standard InChI is InChI=1S/C16H20N2O4S2/c1-10-8-11(2)13(4)16(12(10)3)24(21,22)18-14-6-5-7-15(9-14)23(17,19)20/h5-9,18H,1-4H3,(H2,17,19,20). The van der Waals surface area contributed by atoms with Crippen molar-refractivity contribution in [2.75, 3.05) is 4.72 Å². The van der Waals surface area contributed by atoms with Crippen LogP contribution in [0.1, 0.15) is 22.3 Å². The van der Waals surface area contributed by atoms with Gasteiger partial charge in [-0.25, -0.2) is 22.0 Å². The van der Waals surface area contributed by atoms with E-state index >= 15 is 0 Å². The van der Waals surface area contributed by atoms with Crippen LogP contribution in [0.15, 0.2) is 40.1 Å². The molecule has 130 valence electrons. The molecule has 0 radical (unpaired) electrons. The Bertz CT molecular complexity index is 984. The Balaban J connectivity index is 2.55. The molecule has 8 heteroatoms. The van der Waals surface area contributed by atoms with Gasteiger partial charge in [0, 0.05) is 0 Å². The summed E-state index contributed by atoms with van der Waals surface area (Å²) in [5.74, 6) is 0. The maximum absolute atomic E-state index is 12.8. The van der Waals surface area contributed by atoms with Crippen LogP contribution >= 0.6 is 0 Å². The van der Waals surface area contributed by atoms with E-state index in [0.717, 1.165) is 11.1 Å². The quantitative estimate of drug-likeness (QED) is 0.864. The molecule has 0 aliphatic heterocycles. The van der Waals surface area contributed by atoms with E-state index in [2.05, 4.69) is 4.72 Å². The Hall–Kier alpha value is -1.90. The molecule has 0 saturated carbocycles. The zero-order valence-corrected chi connectivity index (χ0v) is 15.5. The highest BCUT2D eigenvalue weighted by Gasteiger charge is 2.22. The summed E-state index contributed by atoms with van der Waals surface area (Å²) >= 11 is 0. The second-order valence-electron chi connectivity index (χ2n) is 5.77. The van der Waals surface area contributed by atoms with Gasteiger partial charge in [0.1, 0.15) is 0 Å². The Morgan fingerprint density at radius 1 is 0.875 bits per heavy atom. The lowest BCUT2D eigenvalue weighted by Gasteiger charge is -2.17. The first-order valence-corrected chi connectivity index (χ1v) is 10.2. The van der Waals surface area contributed by atoms with Gasteiger partial charge in [-0.3, -0.25) is 4.72 Å². The molecule has 2 aromatic rings. The lowest BCUT2D eigenvalue weighted by atomic mass is 10.0. The van der Waals surface area contributed by atoms with E-state index in [1.807, 2.05) is 19.9 Å². The first-order valence-electron chi connectivity index (χ1n) is 7.16. The van der Waals surface area contributed by atoms with Gasteiger partial charge < -0.3 is 0 Å². The molecule has 0 saturated heterocycles. The zero-order chi connectivity index (χ0) is 18.3. The highest BCUT2D eigenvalue weighted by molar-refractivity contribution is 7.92. The molecule has 0 aliphatic carbocycles. The molecule has 2 aromatic carbocycles. The number of benzene rings is 2. The summed E-state index contributed by atoms with van der Waals surface area (Å²) in [5, 5.41) is 5.08. The van der Waals surface area contributed by atoms with E-state index in [1.165, 1.54) is 24.3 Å². The van der Waals surface area contributed by atoms with Crippen molar-refractivity contribution in [3.8, 4) is 0 Å². The highest BCUT2D eigenvalue weighted by Crippen LogP contribution is 2.28. The van der Waals surface area contributed by atoms with Crippen LogP contribution in [0.5, 0.6) is 0 Å². The minimum Gasteiger partial charge on any atom is -0.280 e. The van der Waals surface area contributed by atoms with Crippen LogP contribution in [0.25, 0.3) is 0 Å². The van der Waals surface area contributed by atoms with Crippen LogP contribution in [-0.2, 0) is 20.0 Å². The van der Waals surface area contributed by atoms with Crippen molar-refractivity contribution >= 4 is 25.7 Å². The van der Waals surface area contributed by atoms with Gasteiger partial charge in [0.05, 0.1) is 15.5 Å². The molecule has 0 fully saturated rings. The Kier molecular flexibility index (Phi) is 4.76. The number of aryl methyl sites for hydroxylation is 2. The number of hydrogen-bond donors (Lipinski definition) is 2. The molecule has 0 amide bonds. The number of hydrogen-bond acceptors (Lipinski definition) is 4. The molecule has 0 spiro atoms. The van der Waals surface area contributed by atoms with Crippen LogP contribution < -0.4 is 9.86 Å². The highest BCUT2D eigenvalue weighted by atomic mass is 32.2. The topological polar surface area (TPSA) is 106 Å². The van der Waals surface area contributed by atoms with E-state index in [-0.39, 0.29) is 15.5 Å². The van der Waals surface area contributed by atoms with Crippen LogP contribution in [0.3, 0.4) is 0 Å². The average molecular weight is 368 g/mol. The van der Waals surface area contributed by atoms with Gasteiger partial charge in [0.2, 0.25) is 10.0 Å².